The normalized spacial score (nSPS) is 26.9. The molecule has 6 nitrogen and oxygen atoms in total. The van der Waals surface area contributed by atoms with Gasteiger partial charge >= 0.3 is 0 Å². The van der Waals surface area contributed by atoms with Crippen LogP contribution < -0.4 is 4.90 Å². The van der Waals surface area contributed by atoms with Crippen LogP contribution in [0.5, 0.6) is 0 Å². The van der Waals surface area contributed by atoms with Crippen molar-refractivity contribution in [2.75, 3.05) is 11.4 Å². The van der Waals surface area contributed by atoms with E-state index in [-0.39, 0.29) is 30.0 Å². The van der Waals surface area contributed by atoms with E-state index in [0.29, 0.717) is 36.5 Å². The second-order valence-corrected chi connectivity index (χ2v) is 8.14. The zero-order chi connectivity index (χ0) is 20.6. The standard InChI is InChI=1S/C22H24FN3O3/c1-14-24-10-8-18(25-14)19(27)11-15-3-2-9-22(12-15)20(28)13-26(21(22)29)17-6-4-16(23)5-7-17/h4-8,10,15,20,28H,2-3,9,11-13H2,1H3. The summed E-state index contributed by atoms with van der Waals surface area (Å²) in [6, 6.07) is 7.35. The maximum atomic E-state index is 13.3. The van der Waals surface area contributed by atoms with Crippen molar-refractivity contribution in [3.05, 3.63) is 53.9 Å². The van der Waals surface area contributed by atoms with Gasteiger partial charge in [0.1, 0.15) is 17.3 Å². The molecule has 3 atom stereocenters. The first-order valence-electron chi connectivity index (χ1n) is 9.97. The number of rotatable bonds is 4. The molecular weight excluding hydrogens is 373 g/mol. The number of carbonyl (C=O) groups is 2. The van der Waals surface area contributed by atoms with Crippen molar-refractivity contribution in [1.82, 2.24) is 9.97 Å². The van der Waals surface area contributed by atoms with Crippen LogP contribution >= 0.6 is 0 Å². The van der Waals surface area contributed by atoms with E-state index in [1.165, 1.54) is 12.1 Å². The Bertz CT molecular complexity index is 933. The summed E-state index contributed by atoms with van der Waals surface area (Å²) in [6.07, 6.45) is 3.76. The topological polar surface area (TPSA) is 83.4 Å². The average molecular weight is 397 g/mol. The number of anilines is 1. The maximum absolute atomic E-state index is 13.3. The Morgan fingerprint density at radius 2 is 2.07 bits per heavy atom. The molecule has 2 aliphatic rings. The quantitative estimate of drug-likeness (QED) is 0.802. The summed E-state index contributed by atoms with van der Waals surface area (Å²) in [6.45, 7) is 1.93. The Balaban J connectivity index is 1.51. The van der Waals surface area contributed by atoms with Crippen molar-refractivity contribution >= 4 is 17.4 Å². The number of amides is 1. The molecule has 0 radical (unpaired) electrons. The third-order valence-electron chi connectivity index (χ3n) is 6.23. The smallest absolute Gasteiger partial charge is 0.235 e. The number of ketones is 1. The number of β-amino-alcohol motifs (C(OH)–C–C–N with tert-alkyl or cyclic N) is 1. The molecule has 1 saturated heterocycles. The number of aryl methyl sites for hydroxylation is 1. The molecule has 2 heterocycles. The third kappa shape index (κ3) is 3.67. The largest absolute Gasteiger partial charge is 0.390 e. The molecule has 1 saturated carbocycles. The first-order chi connectivity index (χ1) is 13.9. The van der Waals surface area contributed by atoms with Crippen LogP contribution in [-0.2, 0) is 4.79 Å². The second-order valence-electron chi connectivity index (χ2n) is 8.14. The van der Waals surface area contributed by atoms with Crippen LogP contribution in [0.3, 0.4) is 0 Å². The maximum Gasteiger partial charge on any atom is 0.235 e. The number of aliphatic hydroxyl groups is 1. The van der Waals surface area contributed by atoms with Gasteiger partial charge in [0.05, 0.1) is 18.1 Å². The lowest BCUT2D eigenvalue weighted by Gasteiger charge is -2.38. The van der Waals surface area contributed by atoms with Crippen LogP contribution in [0.2, 0.25) is 0 Å². The molecule has 2 fully saturated rings. The molecule has 1 amide bonds. The predicted octanol–water partition coefficient (Wildman–Crippen LogP) is 3.08. The van der Waals surface area contributed by atoms with Gasteiger partial charge in [-0.3, -0.25) is 9.59 Å². The molecule has 152 valence electrons. The lowest BCUT2D eigenvalue weighted by molar-refractivity contribution is -0.132. The number of aromatic nitrogens is 2. The minimum absolute atomic E-state index is 0.0123. The van der Waals surface area contributed by atoms with Gasteiger partial charge in [0.25, 0.3) is 0 Å². The Morgan fingerprint density at radius 1 is 1.31 bits per heavy atom. The first kappa shape index (κ1) is 19.6. The van der Waals surface area contributed by atoms with Crippen LogP contribution in [-0.4, -0.2) is 39.4 Å². The average Bonchev–Trinajstić information content (AvgIpc) is 2.93. The number of halogens is 1. The molecule has 1 N–H and O–H groups in total. The van der Waals surface area contributed by atoms with Crippen molar-refractivity contribution in [2.24, 2.45) is 11.3 Å². The second kappa shape index (κ2) is 7.63. The van der Waals surface area contributed by atoms with Crippen LogP contribution in [0.25, 0.3) is 0 Å². The van der Waals surface area contributed by atoms with E-state index in [1.807, 2.05) is 0 Å². The number of nitrogens with zero attached hydrogens (tertiary/aromatic N) is 3. The lowest BCUT2D eigenvalue weighted by Crippen LogP contribution is -2.43. The van der Waals surface area contributed by atoms with E-state index < -0.39 is 11.5 Å². The fourth-order valence-corrected chi connectivity index (χ4v) is 4.76. The highest BCUT2D eigenvalue weighted by Crippen LogP contribution is 2.49. The van der Waals surface area contributed by atoms with Gasteiger partial charge < -0.3 is 10.0 Å². The minimum atomic E-state index is -0.876. The molecule has 1 aliphatic carbocycles. The van der Waals surface area contributed by atoms with Gasteiger partial charge in [0.2, 0.25) is 5.91 Å². The van der Waals surface area contributed by atoms with Crippen molar-refractivity contribution in [2.45, 2.75) is 45.1 Å². The number of aliphatic hydroxyl groups excluding tert-OH is 1. The zero-order valence-electron chi connectivity index (χ0n) is 16.3. The van der Waals surface area contributed by atoms with E-state index in [4.69, 9.17) is 0 Å². The predicted molar refractivity (Wildman–Crippen MR) is 105 cm³/mol. The number of carbonyl (C=O) groups excluding carboxylic acids is 2. The van der Waals surface area contributed by atoms with Crippen LogP contribution in [0.4, 0.5) is 10.1 Å². The SMILES string of the molecule is Cc1nccc(C(=O)CC2CCCC3(C2)C(=O)N(c2ccc(F)cc2)CC3O)n1. The summed E-state index contributed by atoms with van der Waals surface area (Å²) in [5.41, 5.74) is 0.101. The van der Waals surface area contributed by atoms with Gasteiger partial charge in [0.15, 0.2) is 5.78 Å². The van der Waals surface area contributed by atoms with E-state index in [9.17, 15) is 19.1 Å². The van der Waals surface area contributed by atoms with Gasteiger partial charge in [-0.15, -0.1) is 0 Å². The number of hydrogen-bond donors (Lipinski definition) is 1. The third-order valence-corrected chi connectivity index (χ3v) is 6.23. The van der Waals surface area contributed by atoms with Crippen molar-refractivity contribution in [3.8, 4) is 0 Å². The molecule has 1 aromatic carbocycles. The molecule has 1 aromatic heterocycles. The highest BCUT2D eigenvalue weighted by atomic mass is 19.1. The lowest BCUT2D eigenvalue weighted by atomic mass is 9.66. The fraction of sp³-hybridized carbons (Fsp3) is 0.455. The summed E-state index contributed by atoms with van der Waals surface area (Å²) < 4.78 is 13.2. The van der Waals surface area contributed by atoms with Crippen molar-refractivity contribution in [1.29, 1.82) is 0 Å². The van der Waals surface area contributed by atoms with Crippen molar-refractivity contribution in [3.63, 3.8) is 0 Å². The Labute approximate surface area is 168 Å². The molecule has 29 heavy (non-hydrogen) atoms. The number of Topliss-reactive ketones (excluding diaryl/α,β-unsaturated/α-hetero) is 1. The fourth-order valence-electron chi connectivity index (χ4n) is 4.76. The summed E-state index contributed by atoms with van der Waals surface area (Å²) in [5, 5.41) is 10.8. The van der Waals surface area contributed by atoms with Gasteiger partial charge in [-0.05, 0) is 62.4 Å². The zero-order valence-corrected chi connectivity index (χ0v) is 16.3. The van der Waals surface area contributed by atoms with E-state index >= 15 is 0 Å². The van der Waals surface area contributed by atoms with Crippen molar-refractivity contribution < 1.29 is 19.1 Å². The molecular formula is C22H24FN3O3. The monoisotopic (exact) mass is 397 g/mol. The van der Waals surface area contributed by atoms with E-state index in [1.54, 1.807) is 36.2 Å². The summed E-state index contributed by atoms with van der Waals surface area (Å²) in [4.78, 5) is 35.7. The first-order valence-corrected chi connectivity index (χ1v) is 9.97. The molecule has 4 rings (SSSR count). The molecule has 7 heteroatoms. The Morgan fingerprint density at radius 3 is 2.79 bits per heavy atom. The highest BCUT2D eigenvalue weighted by Gasteiger charge is 2.55. The van der Waals surface area contributed by atoms with Gasteiger partial charge in [-0.2, -0.15) is 0 Å². The summed E-state index contributed by atoms with van der Waals surface area (Å²) >= 11 is 0. The Hall–Kier alpha value is -2.67. The molecule has 2 aromatic rings. The summed E-state index contributed by atoms with van der Waals surface area (Å²) in [7, 11) is 0. The minimum Gasteiger partial charge on any atom is -0.390 e. The number of hydrogen-bond acceptors (Lipinski definition) is 5. The molecule has 1 aliphatic heterocycles. The van der Waals surface area contributed by atoms with E-state index in [2.05, 4.69) is 9.97 Å². The summed E-state index contributed by atoms with van der Waals surface area (Å²) in [5.74, 6) is -0.00282. The number of benzene rings is 1. The van der Waals surface area contributed by atoms with E-state index in [0.717, 1.165) is 12.8 Å². The van der Waals surface area contributed by atoms with Gasteiger partial charge in [-0.1, -0.05) is 6.42 Å². The molecule has 3 unspecified atom stereocenters. The highest BCUT2D eigenvalue weighted by molar-refractivity contribution is 6.01. The van der Waals surface area contributed by atoms with Gasteiger partial charge in [-0.25, -0.2) is 14.4 Å². The van der Waals surface area contributed by atoms with Gasteiger partial charge in [0, 0.05) is 18.3 Å². The van der Waals surface area contributed by atoms with Crippen LogP contribution in [0.15, 0.2) is 36.5 Å². The van der Waals surface area contributed by atoms with Crippen LogP contribution in [0, 0.1) is 24.1 Å². The molecule has 0 bridgehead atoms. The Kier molecular flexibility index (Phi) is 5.17. The van der Waals surface area contributed by atoms with Crippen LogP contribution in [0.1, 0.15) is 48.4 Å². The molecule has 1 spiro atoms.